The second-order valence-electron chi connectivity index (χ2n) is 5.96. The largest absolute Gasteiger partial charge is 0.508 e. The van der Waals surface area contributed by atoms with Gasteiger partial charge in [0.25, 0.3) is 5.56 Å². The van der Waals surface area contributed by atoms with Crippen molar-refractivity contribution >= 4 is 5.69 Å². The van der Waals surface area contributed by atoms with E-state index in [-0.39, 0.29) is 11.3 Å². The molecule has 0 amide bonds. The highest BCUT2D eigenvalue weighted by Crippen LogP contribution is 2.23. The number of pyridine rings is 1. The number of nitrogens with zero attached hydrogens (tertiary/aromatic N) is 3. The van der Waals surface area contributed by atoms with E-state index in [1.807, 2.05) is 24.3 Å². The lowest BCUT2D eigenvalue weighted by Crippen LogP contribution is -2.31. The van der Waals surface area contributed by atoms with Crippen LogP contribution in [0.5, 0.6) is 5.75 Å². The van der Waals surface area contributed by atoms with Crippen molar-refractivity contribution in [1.82, 2.24) is 9.47 Å². The van der Waals surface area contributed by atoms with E-state index in [2.05, 4.69) is 23.9 Å². The Kier molecular flexibility index (Phi) is 3.90. The molecular weight excluding hydrogens is 278 g/mol. The Morgan fingerprint density at radius 2 is 1.82 bits per heavy atom. The highest BCUT2D eigenvalue weighted by atomic mass is 16.3. The molecule has 22 heavy (non-hydrogen) atoms. The van der Waals surface area contributed by atoms with E-state index < -0.39 is 0 Å². The van der Waals surface area contributed by atoms with Crippen molar-refractivity contribution in [2.75, 3.05) is 32.1 Å². The van der Waals surface area contributed by atoms with Gasteiger partial charge in [-0.3, -0.25) is 9.36 Å². The molecule has 0 bridgehead atoms. The summed E-state index contributed by atoms with van der Waals surface area (Å²) < 4.78 is 1.52. The van der Waals surface area contributed by atoms with Crippen LogP contribution in [0.2, 0.25) is 0 Å². The number of aromatic nitrogens is 1. The molecule has 2 aromatic rings. The van der Waals surface area contributed by atoms with E-state index in [1.54, 1.807) is 6.20 Å². The molecule has 0 saturated carbocycles. The molecule has 1 N–H and O–H groups in total. The molecule has 1 aromatic heterocycles. The zero-order valence-electron chi connectivity index (χ0n) is 12.9. The summed E-state index contributed by atoms with van der Waals surface area (Å²) in [5.74, 6) is -0.00957. The summed E-state index contributed by atoms with van der Waals surface area (Å²) in [6, 6.07) is 11.3. The van der Waals surface area contributed by atoms with E-state index in [9.17, 15) is 9.90 Å². The number of anilines is 1. The van der Waals surface area contributed by atoms with Crippen LogP contribution >= 0.6 is 0 Å². The van der Waals surface area contributed by atoms with Crippen molar-refractivity contribution in [2.24, 2.45) is 0 Å². The monoisotopic (exact) mass is 299 g/mol. The molecule has 0 radical (unpaired) electrons. The second-order valence-corrected chi connectivity index (χ2v) is 5.96. The van der Waals surface area contributed by atoms with Gasteiger partial charge in [-0.25, -0.2) is 0 Å². The summed E-state index contributed by atoms with van der Waals surface area (Å²) in [6.45, 7) is 2.09. The van der Waals surface area contributed by atoms with Gasteiger partial charge < -0.3 is 14.9 Å². The van der Waals surface area contributed by atoms with Gasteiger partial charge in [0.05, 0.1) is 0 Å². The molecule has 1 fully saturated rings. The third-order valence-corrected chi connectivity index (χ3v) is 4.29. The van der Waals surface area contributed by atoms with Crippen LogP contribution in [0.25, 0.3) is 5.69 Å². The molecule has 1 atom stereocenters. The fraction of sp³-hybridized carbons (Fsp3) is 0.353. The zero-order valence-corrected chi connectivity index (χ0v) is 12.9. The zero-order chi connectivity index (χ0) is 15.7. The van der Waals surface area contributed by atoms with Crippen molar-refractivity contribution < 1.29 is 5.11 Å². The van der Waals surface area contributed by atoms with Crippen LogP contribution in [0.1, 0.15) is 6.42 Å². The van der Waals surface area contributed by atoms with Crippen LogP contribution in [-0.4, -0.2) is 47.8 Å². The summed E-state index contributed by atoms with van der Waals surface area (Å²) in [4.78, 5) is 16.5. The number of rotatable bonds is 3. The maximum Gasteiger partial charge on any atom is 0.258 e. The average Bonchev–Trinajstić information content (AvgIpc) is 2.98. The number of hydrogen-bond acceptors (Lipinski definition) is 4. The first-order valence-corrected chi connectivity index (χ1v) is 7.48. The molecule has 0 aliphatic carbocycles. The van der Waals surface area contributed by atoms with Gasteiger partial charge in [0.1, 0.15) is 5.75 Å². The van der Waals surface area contributed by atoms with Crippen LogP contribution < -0.4 is 10.5 Å². The van der Waals surface area contributed by atoms with Gasteiger partial charge in [0.15, 0.2) is 0 Å². The fourth-order valence-corrected chi connectivity index (χ4v) is 2.90. The lowest BCUT2D eigenvalue weighted by Gasteiger charge is -2.22. The summed E-state index contributed by atoms with van der Waals surface area (Å²) in [6.07, 6.45) is 2.76. The van der Waals surface area contributed by atoms with Crippen molar-refractivity contribution in [2.45, 2.75) is 12.5 Å². The molecule has 0 spiro atoms. The topological polar surface area (TPSA) is 48.7 Å². The smallest absolute Gasteiger partial charge is 0.258 e. The van der Waals surface area contributed by atoms with Gasteiger partial charge in [-0.1, -0.05) is 0 Å². The van der Waals surface area contributed by atoms with Crippen LogP contribution in [-0.2, 0) is 0 Å². The van der Waals surface area contributed by atoms with E-state index in [0.717, 1.165) is 18.8 Å². The maximum absolute atomic E-state index is 11.9. The second kappa shape index (κ2) is 5.85. The third-order valence-electron chi connectivity index (χ3n) is 4.29. The molecule has 1 aliphatic heterocycles. The van der Waals surface area contributed by atoms with E-state index in [0.29, 0.717) is 6.04 Å². The van der Waals surface area contributed by atoms with Crippen LogP contribution in [0, 0.1) is 0 Å². The molecule has 1 aromatic carbocycles. The Labute approximate surface area is 130 Å². The van der Waals surface area contributed by atoms with Crippen molar-refractivity contribution in [3.05, 3.63) is 52.9 Å². The first-order chi connectivity index (χ1) is 10.5. The van der Waals surface area contributed by atoms with E-state index in [1.165, 1.54) is 28.8 Å². The molecule has 2 heterocycles. The number of benzene rings is 1. The minimum absolute atomic E-state index is 0.00957. The standard InChI is InChI=1S/C17H21N3O2/c1-18(2)15-7-9-19(12-15)13-3-5-14(6-4-13)20-10-8-16(21)11-17(20)22/h3-6,8,10-11,15,21H,7,9,12H2,1-2H3. The molecule has 1 unspecified atom stereocenters. The summed E-state index contributed by atoms with van der Waals surface area (Å²) in [5, 5.41) is 9.32. The predicted molar refractivity (Wildman–Crippen MR) is 88.0 cm³/mol. The highest BCUT2D eigenvalue weighted by Gasteiger charge is 2.23. The van der Waals surface area contributed by atoms with Crippen molar-refractivity contribution in [3.63, 3.8) is 0 Å². The molecule has 3 rings (SSSR count). The lowest BCUT2D eigenvalue weighted by molar-refractivity contribution is 0.315. The predicted octanol–water partition coefficient (Wildman–Crippen LogP) is 1.68. The number of aromatic hydroxyl groups is 1. The van der Waals surface area contributed by atoms with Gasteiger partial charge in [0, 0.05) is 42.8 Å². The van der Waals surface area contributed by atoms with Crippen molar-refractivity contribution in [3.8, 4) is 11.4 Å². The normalized spacial score (nSPS) is 18.1. The van der Waals surface area contributed by atoms with Crippen molar-refractivity contribution in [1.29, 1.82) is 0 Å². The Morgan fingerprint density at radius 3 is 2.41 bits per heavy atom. The number of hydrogen-bond donors (Lipinski definition) is 1. The molecule has 5 nitrogen and oxygen atoms in total. The third kappa shape index (κ3) is 2.85. The molecule has 1 saturated heterocycles. The Morgan fingerprint density at radius 1 is 1.14 bits per heavy atom. The van der Waals surface area contributed by atoms with E-state index >= 15 is 0 Å². The average molecular weight is 299 g/mol. The minimum atomic E-state index is -0.235. The highest BCUT2D eigenvalue weighted by molar-refractivity contribution is 5.52. The maximum atomic E-state index is 11.9. The Balaban J connectivity index is 1.80. The Hall–Kier alpha value is -2.27. The summed E-state index contributed by atoms with van der Waals surface area (Å²) in [5.41, 5.74) is 1.75. The molecule has 1 aliphatic rings. The molecular formula is C17H21N3O2. The number of likely N-dealkylation sites (N-methyl/N-ethyl adjacent to an activating group) is 1. The molecule has 116 valence electrons. The van der Waals surface area contributed by atoms with Gasteiger partial charge >= 0.3 is 0 Å². The fourth-order valence-electron chi connectivity index (χ4n) is 2.90. The van der Waals surface area contributed by atoms with Gasteiger partial charge in [-0.05, 0) is 50.8 Å². The van der Waals surface area contributed by atoms with E-state index in [4.69, 9.17) is 0 Å². The Bertz CT molecular complexity index is 707. The van der Waals surface area contributed by atoms with Gasteiger partial charge in [-0.15, -0.1) is 0 Å². The van der Waals surface area contributed by atoms with Gasteiger partial charge in [-0.2, -0.15) is 0 Å². The van der Waals surface area contributed by atoms with Crippen LogP contribution in [0.4, 0.5) is 5.69 Å². The summed E-state index contributed by atoms with van der Waals surface area (Å²) in [7, 11) is 4.24. The van der Waals surface area contributed by atoms with Gasteiger partial charge in [0.2, 0.25) is 0 Å². The quantitative estimate of drug-likeness (QED) is 0.937. The van der Waals surface area contributed by atoms with Crippen LogP contribution in [0.15, 0.2) is 47.4 Å². The SMILES string of the molecule is CN(C)C1CCN(c2ccc(-n3ccc(O)cc3=O)cc2)C1. The molecule has 5 heteroatoms. The minimum Gasteiger partial charge on any atom is -0.508 e. The summed E-state index contributed by atoms with van der Waals surface area (Å²) >= 11 is 0. The first-order valence-electron chi connectivity index (χ1n) is 7.48. The first kappa shape index (κ1) is 14.7. The lowest BCUT2D eigenvalue weighted by atomic mass is 10.2. The van der Waals surface area contributed by atoms with Crippen LogP contribution in [0.3, 0.4) is 0 Å².